The molecular formula is C77H147NO5. The third kappa shape index (κ3) is 69.1. The Morgan fingerprint density at radius 1 is 0.325 bits per heavy atom. The van der Waals surface area contributed by atoms with E-state index in [9.17, 15) is 19.8 Å². The summed E-state index contributed by atoms with van der Waals surface area (Å²) in [5.74, 6) is -0.0493. The Balaban J connectivity index is 3.36. The van der Waals surface area contributed by atoms with E-state index in [0.29, 0.717) is 19.4 Å². The third-order valence-electron chi connectivity index (χ3n) is 17.6. The Morgan fingerprint density at radius 2 is 0.566 bits per heavy atom. The fourth-order valence-corrected chi connectivity index (χ4v) is 11.9. The SMILES string of the molecule is CCCCCCC/C=C\CCCCCCCC(=O)OCCCCCCCCCCCCCCCC/C=C\CCCCCCCCCCCCCCCCCCCC(=O)NC(CO)C(O)/C=C/CCCCCCCCCCCCCCCCC. The summed E-state index contributed by atoms with van der Waals surface area (Å²) in [5.41, 5.74) is 0. The molecule has 0 spiro atoms. The van der Waals surface area contributed by atoms with Crippen LogP contribution in [0.3, 0.4) is 0 Å². The smallest absolute Gasteiger partial charge is 0.305 e. The van der Waals surface area contributed by atoms with Crippen molar-refractivity contribution in [2.75, 3.05) is 13.2 Å². The van der Waals surface area contributed by atoms with Crippen molar-refractivity contribution in [2.24, 2.45) is 0 Å². The van der Waals surface area contributed by atoms with Gasteiger partial charge in [0, 0.05) is 12.8 Å². The van der Waals surface area contributed by atoms with Crippen molar-refractivity contribution < 1.29 is 24.5 Å². The molecule has 0 aliphatic carbocycles. The van der Waals surface area contributed by atoms with Crippen LogP contribution in [0.25, 0.3) is 0 Å². The summed E-state index contributed by atoms with van der Waals surface area (Å²) < 4.78 is 5.49. The molecule has 2 unspecified atom stereocenters. The molecule has 0 saturated heterocycles. The zero-order chi connectivity index (χ0) is 59.9. The van der Waals surface area contributed by atoms with Gasteiger partial charge in [0.1, 0.15) is 0 Å². The normalized spacial score (nSPS) is 12.7. The Labute approximate surface area is 519 Å². The number of carbonyl (C=O) groups is 2. The Kier molecular flexibility index (Phi) is 70.9. The van der Waals surface area contributed by atoms with E-state index in [1.807, 2.05) is 6.08 Å². The molecular weight excluding hydrogens is 1020 g/mol. The zero-order valence-electron chi connectivity index (χ0n) is 56.2. The molecule has 3 N–H and O–H groups in total. The second kappa shape index (κ2) is 72.6. The first kappa shape index (κ1) is 81.1. The predicted molar refractivity (Wildman–Crippen MR) is 366 cm³/mol. The Hall–Kier alpha value is -1.92. The zero-order valence-corrected chi connectivity index (χ0v) is 56.2. The van der Waals surface area contributed by atoms with Crippen molar-refractivity contribution in [1.29, 1.82) is 0 Å². The fraction of sp³-hybridized carbons (Fsp3) is 0.896. The van der Waals surface area contributed by atoms with Crippen LogP contribution < -0.4 is 5.32 Å². The van der Waals surface area contributed by atoms with E-state index in [4.69, 9.17) is 4.74 Å². The molecule has 0 fully saturated rings. The van der Waals surface area contributed by atoms with E-state index in [1.54, 1.807) is 6.08 Å². The van der Waals surface area contributed by atoms with Gasteiger partial charge >= 0.3 is 5.97 Å². The van der Waals surface area contributed by atoms with Gasteiger partial charge in [0.2, 0.25) is 5.91 Å². The summed E-state index contributed by atoms with van der Waals surface area (Å²) in [6, 6.07) is -0.625. The minimum atomic E-state index is -0.842. The highest BCUT2D eigenvalue weighted by Gasteiger charge is 2.18. The summed E-state index contributed by atoms with van der Waals surface area (Å²) in [6.45, 7) is 4.93. The number of aliphatic hydroxyl groups is 2. The van der Waals surface area contributed by atoms with Crippen LogP contribution in [0.4, 0.5) is 0 Å². The van der Waals surface area contributed by atoms with Crippen LogP contribution in [-0.4, -0.2) is 47.4 Å². The van der Waals surface area contributed by atoms with Gasteiger partial charge in [0.25, 0.3) is 0 Å². The first-order valence-corrected chi connectivity index (χ1v) is 37.8. The maximum atomic E-state index is 12.5. The number of carbonyl (C=O) groups excluding carboxylic acids is 2. The number of aliphatic hydroxyl groups excluding tert-OH is 2. The largest absolute Gasteiger partial charge is 0.466 e. The van der Waals surface area contributed by atoms with E-state index in [0.717, 1.165) is 44.9 Å². The van der Waals surface area contributed by atoms with E-state index in [-0.39, 0.29) is 18.5 Å². The maximum absolute atomic E-state index is 12.5. The summed E-state index contributed by atoms with van der Waals surface area (Å²) in [6.07, 6.45) is 94.0. The van der Waals surface area contributed by atoms with Crippen LogP contribution >= 0.6 is 0 Å². The monoisotopic (exact) mass is 1170 g/mol. The summed E-state index contributed by atoms with van der Waals surface area (Å²) in [5, 5.41) is 23.2. The third-order valence-corrected chi connectivity index (χ3v) is 17.6. The van der Waals surface area contributed by atoms with Gasteiger partial charge in [-0.05, 0) is 83.5 Å². The number of hydrogen-bond acceptors (Lipinski definition) is 5. The highest BCUT2D eigenvalue weighted by Crippen LogP contribution is 2.19. The van der Waals surface area contributed by atoms with Gasteiger partial charge in [-0.2, -0.15) is 0 Å². The minimum Gasteiger partial charge on any atom is -0.466 e. The number of rotatable bonds is 71. The van der Waals surface area contributed by atoms with Gasteiger partial charge in [0.15, 0.2) is 0 Å². The van der Waals surface area contributed by atoms with Crippen LogP contribution in [0.1, 0.15) is 418 Å². The number of ether oxygens (including phenoxy) is 1. The molecule has 0 aliphatic rings. The van der Waals surface area contributed by atoms with Crippen molar-refractivity contribution in [1.82, 2.24) is 5.32 Å². The fourth-order valence-electron chi connectivity index (χ4n) is 11.9. The highest BCUT2D eigenvalue weighted by molar-refractivity contribution is 5.76. The molecule has 0 bridgehead atoms. The van der Waals surface area contributed by atoms with Crippen LogP contribution in [0.2, 0.25) is 0 Å². The summed E-state index contributed by atoms with van der Waals surface area (Å²) >= 11 is 0. The van der Waals surface area contributed by atoms with E-state index in [2.05, 4.69) is 43.5 Å². The van der Waals surface area contributed by atoms with Gasteiger partial charge in [-0.3, -0.25) is 9.59 Å². The second-order valence-electron chi connectivity index (χ2n) is 26.0. The molecule has 1 amide bonds. The molecule has 6 nitrogen and oxygen atoms in total. The summed E-state index contributed by atoms with van der Waals surface area (Å²) in [7, 11) is 0. The number of hydrogen-bond donors (Lipinski definition) is 3. The van der Waals surface area contributed by atoms with Gasteiger partial charge in [-0.1, -0.05) is 359 Å². The molecule has 6 heteroatoms. The standard InChI is InChI=1S/C77H147NO5/c1-3-5-7-9-11-13-15-17-19-39-42-45-49-53-57-61-65-69-75(80)74(73-79)78-76(81)70-66-62-58-54-50-46-43-40-37-35-33-31-29-27-25-23-21-20-22-24-26-28-30-32-34-36-38-41-44-48-52-56-60-64-68-72-83-77(82)71-67-63-59-55-51-47-18-16-14-12-10-8-6-4-2/h16,18,22,24,65,69,74-75,79-80H,3-15,17,19-21,23,25-64,66-68,70-73H2,1-2H3,(H,78,81)/b18-16-,24-22-,69-65+. The molecule has 0 aliphatic heterocycles. The van der Waals surface area contributed by atoms with Crippen molar-refractivity contribution in [3.8, 4) is 0 Å². The molecule has 0 radical (unpaired) electrons. The number of nitrogens with one attached hydrogen (secondary N) is 1. The molecule has 0 aromatic heterocycles. The van der Waals surface area contributed by atoms with Gasteiger partial charge in [-0.15, -0.1) is 0 Å². The van der Waals surface area contributed by atoms with Crippen LogP contribution in [-0.2, 0) is 14.3 Å². The molecule has 0 aromatic rings. The number of amides is 1. The topological polar surface area (TPSA) is 95.9 Å². The molecule has 83 heavy (non-hydrogen) atoms. The predicted octanol–water partition coefficient (Wildman–Crippen LogP) is 24.7. The van der Waals surface area contributed by atoms with E-state index < -0.39 is 12.1 Å². The second-order valence-corrected chi connectivity index (χ2v) is 26.0. The molecule has 490 valence electrons. The highest BCUT2D eigenvalue weighted by atomic mass is 16.5. The van der Waals surface area contributed by atoms with Gasteiger partial charge < -0.3 is 20.3 Å². The lowest BCUT2D eigenvalue weighted by Crippen LogP contribution is -2.45. The molecule has 2 atom stereocenters. The van der Waals surface area contributed by atoms with Crippen LogP contribution in [0.5, 0.6) is 0 Å². The number of allylic oxidation sites excluding steroid dienone is 5. The van der Waals surface area contributed by atoms with Crippen molar-refractivity contribution in [3.63, 3.8) is 0 Å². The lowest BCUT2D eigenvalue weighted by atomic mass is 10.0. The molecule has 0 saturated carbocycles. The lowest BCUT2D eigenvalue weighted by molar-refractivity contribution is -0.143. The van der Waals surface area contributed by atoms with E-state index in [1.165, 1.54) is 347 Å². The Morgan fingerprint density at radius 3 is 0.855 bits per heavy atom. The quantitative estimate of drug-likeness (QED) is 0.0320. The van der Waals surface area contributed by atoms with Gasteiger partial charge in [-0.25, -0.2) is 0 Å². The van der Waals surface area contributed by atoms with Crippen molar-refractivity contribution >= 4 is 11.9 Å². The van der Waals surface area contributed by atoms with Crippen molar-refractivity contribution in [3.05, 3.63) is 36.5 Å². The van der Waals surface area contributed by atoms with Crippen LogP contribution in [0.15, 0.2) is 36.5 Å². The number of unbranched alkanes of at least 4 members (excludes halogenated alkanes) is 56. The van der Waals surface area contributed by atoms with Crippen molar-refractivity contribution in [2.45, 2.75) is 431 Å². The molecule has 0 aromatic carbocycles. The molecule has 0 rings (SSSR count). The Bertz CT molecular complexity index is 1340. The summed E-state index contributed by atoms with van der Waals surface area (Å²) in [4.78, 5) is 24.6. The number of esters is 1. The average molecular weight is 1170 g/mol. The first-order valence-electron chi connectivity index (χ1n) is 37.8. The lowest BCUT2D eigenvalue weighted by Gasteiger charge is -2.20. The minimum absolute atomic E-state index is 0.0119. The van der Waals surface area contributed by atoms with E-state index >= 15 is 0 Å². The average Bonchev–Trinajstić information content (AvgIpc) is 3.49. The van der Waals surface area contributed by atoms with Gasteiger partial charge in [0.05, 0.1) is 25.4 Å². The van der Waals surface area contributed by atoms with Crippen LogP contribution in [0, 0.1) is 0 Å². The molecule has 0 heterocycles. The first-order chi connectivity index (χ1) is 41.0. The maximum Gasteiger partial charge on any atom is 0.305 e.